The SMILES string of the molecule is Cl.N[C@@H](CO)c1ccc(Cl)c(Br)c1O. The highest BCUT2D eigenvalue weighted by molar-refractivity contribution is 9.10. The van der Waals surface area contributed by atoms with E-state index in [1.54, 1.807) is 12.1 Å². The number of aliphatic hydroxyl groups is 1. The first-order valence-corrected chi connectivity index (χ1v) is 4.78. The predicted octanol–water partition coefficient (Wildman–Crippen LogP) is 2.22. The lowest BCUT2D eigenvalue weighted by Crippen LogP contribution is -2.14. The van der Waals surface area contributed by atoms with Crippen LogP contribution in [0.3, 0.4) is 0 Å². The minimum atomic E-state index is -0.589. The van der Waals surface area contributed by atoms with Crippen molar-refractivity contribution in [2.75, 3.05) is 6.61 Å². The van der Waals surface area contributed by atoms with E-state index in [4.69, 9.17) is 22.4 Å². The molecule has 1 atom stereocenters. The minimum Gasteiger partial charge on any atom is -0.506 e. The van der Waals surface area contributed by atoms with E-state index in [1.807, 2.05) is 0 Å². The van der Waals surface area contributed by atoms with E-state index in [9.17, 15) is 5.11 Å². The highest BCUT2D eigenvalue weighted by Gasteiger charge is 2.13. The van der Waals surface area contributed by atoms with Crippen LogP contribution in [0.5, 0.6) is 5.75 Å². The van der Waals surface area contributed by atoms with Crippen molar-refractivity contribution in [3.8, 4) is 5.75 Å². The number of phenols is 1. The molecular formula is C8H10BrCl2NO2. The average Bonchev–Trinajstić information content (AvgIpc) is 2.13. The molecule has 0 saturated heterocycles. The van der Waals surface area contributed by atoms with E-state index >= 15 is 0 Å². The van der Waals surface area contributed by atoms with Crippen LogP contribution in [-0.4, -0.2) is 16.8 Å². The summed E-state index contributed by atoms with van der Waals surface area (Å²) in [5, 5.41) is 18.8. The van der Waals surface area contributed by atoms with Gasteiger partial charge < -0.3 is 15.9 Å². The summed E-state index contributed by atoms with van der Waals surface area (Å²) in [5.74, 6) is -0.0194. The quantitative estimate of drug-likeness (QED) is 0.785. The molecule has 1 aromatic carbocycles. The molecule has 0 radical (unpaired) electrons. The molecule has 0 saturated carbocycles. The minimum absolute atomic E-state index is 0. The van der Waals surface area contributed by atoms with Crippen LogP contribution >= 0.6 is 39.9 Å². The lowest BCUT2D eigenvalue weighted by atomic mass is 10.1. The summed E-state index contributed by atoms with van der Waals surface area (Å²) in [6.45, 7) is -0.221. The van der Waals surface area contributed by atoms with Crippen LogP contribution in [0.1, 0.15) is 11.6 Å². The standard InChI is InChI=1S/C8H9BrClNO2.ClH/c9-7-5(10)2-1-4(8(7)13)6(11)3-12;/h1-2,6,12-13H,3,11H2;1H/t6-;/m0./s1. The molecule has 0 fully saturated rings. The van der Waals surface area contributed by atoms with Crippen LogP contribution in [0.4, 0.5) is 0 Å². The summed E-state index contributed by atoms with van der Waals surface area (Å²) < 4.78 is 0.399. The van der Waals surface area contributed by atoms with Crippen LogP contribution in [0.15, 0.2) is 16.6 Å². The zero-order chi connectivity index (χ0) is 10.0. The van der Waals surface area contributed by atoms with Crippen LogP contribution in [0.25, 0.3) is 0 Å². The fourth-order valence-corrected chi connectivity index (χ4v) is 1.47. The van der Waals surface area contributed by atoms with Gasteiger partial charge in [0.25, 0.3) is 0 Å². The van der Waals surface area contributed by atoms with Gasteiger partial charge in [0.1, 0.15) is 5.75 Å². The third-order valence-electron chi connectivity index (χ3n) is 1.70. The monoisotopic (exact) mass is 301 g/mol. The Morgan fingerprint density at radius 3 is 2.57 bits per heavy atom. The van der Waals surface area contributed by atoms with E-state index < -0.39 is 6.04 Å². The Bertz CT molecular complexity index is 322. The Labute approximate surface area is 101 Å². The smallest absolute Gasteiger partial charge is 0.136 e. The highest BCUT2D eigenvalue weighted by Crippen LogP contribution is 2.36. The summed E-state index contributed by atoms with van der Waals surface area (Å²) >= 11 is 8.83. The highest BCUT2D eigenvalue weighted by atomic mass is 79.9. The van der Waals surface area contributed by atoms with Crippen LogP contribution < -0.4 is 5.73 Å². The number of rotatable bonds is 2. The molecule has 0 heterocycles. The molecule has 0 aromatic heterocycles. The maximum Gasteiger partial charge on any atom is 0.136 e. The van der Waals surface area contributed by atoms with Crippen LogP contribution in [0, 0.1) is 0 Å². The van der Waals surface area contributed by atoms with Gasteiger partial charge in [-0.15, -0.1) is 12.4 Å². The van der Waals surface area contributed by atoms with Crippen molar-refractivity contribution >= 4 is 39.9 Å². The van der Waals surface area contributed by atoms with Gasteiger partial charge in [-0.05, 0) is 22.0 Å². The molecular weight excluding hydrogens is 293 g/mol. The maximum atomic E-state index is 9.56. The van der Waals surface area contributed by atoms with E-state index in [1.165, 1.54) is 0 Å². The van der Waals surface area contributed by atoms with Crippen molar-refractivity contribution in [2.45, 2.75) is 6.04 Å². The van der Waals surface area contributed by atoms with Gasteiger partial charge in [0.2, 0.25) is 0 Å². The zero-order valence-corrected chi connectivity index (χ0v) is 10.2. The van der Waals surface area contributed by atoms with Crippen LogP contribution in [-0.2, 0) is 0 Å². The normalized spacial score (nSPS) is 12.0. The molecule has 0 aliphatic heterocycles. The molecule has 6 heteroatoms. The first-order chi connectivity index (χ1) is 6.07. The fraction of sp³-hybridized carbons (Fsp3) is 0.250. The predicted molar refractivity (Wildman–Crippen MR) is 62.1 cm³/mol. The van der Waals surface area contributed by atoms with E-state index in [2.05, 4.69) is 15.9 Å². The first kappa shape index (κ1) is 14.0. The second-order valence-corrected chi connectivity index (χ2v) is 3.79. The van der Waals surface area contributed by atoms with Gasteiger partial charge in [-0.25, -0.2) is 0 Å². The third-order valence-corrected chi connectivity index (χ3v) is 3.04. The summed E-state index contributed by atoms with van der Waals surface area (Å²) in [5.41, 5.74) is 6.01. The maximum absolute atomic E-state index is 9.56. The Morgan fingerprint density at radius 1 is 1.50 bits per heavy atom. The van der Waals surface area contributed by atoms with Crippen LogP contribution in [0.2, 0.25) is 5.02 Å². The first-order valence-electron chi connectivity index (χ1n) is 3.61. The summed E-state index contributed by atoms with van der Waals surface area (Å²) in [6.07, 6.45) is 0. The lowest BCUT2D eigenvalue weighted by molar-refractivity contribution is 0.265. The Morgan fingerprint density at radius 2 is 2.07 bits per heavy atom. The fourth-order valence-electron chi connectivity index (χ4n) is 0.952. The number of halogens is 3. The molecule has 1 aromatic rings. The summed E-state index contributed by atoms with van der Waals surface area (Å²) in [4.78, 5) is 0. The van der Waals surface area contributed by atoms with Crippen molar-refractivity contribution in [3.05, 3.63) is 27.2 Å². The van der Waals surface area contributed by atoms with Gasteiger partial charge in [-0.1, -0.05) is 17.7 Å². The van der Waals surface area contributed by atoms with Crippen molar-refractivity contribution < 1.29 is 10.2 Å². The molecule has 0 aliphatic rings. The van der Waals surface area contributed by atoms with E-state index in [0.29, 0.717) is 15.1 Å². The molecule has 0 aliphatic carbocycles. The number of hydrogen-bond acceptors (Lipinski definition) is 3. The summed E-state index contributed by atoms with van der Waals surface area (Å²) in [6, 6.07) is 2.60. The van der Waals surface area contributed by atoms with E-state index in [0.717, 1.165) is 0 Å². The average molecular weight is 303 g/mol. The number of benzene rings is 1. The number of hydrogen-bond donors (Lipinski definition) is 3. The third kappa shape index (κ3) is 2.74. The topological polar surface area (TPSA) is 66.5 Å². The number of aromatic hydroxyl groups is 1. The van der Waals surface area contributed by atoms with Crippen molar-refractivity contribution in [1.82, 2.24) is 0 Å². The summed E-state index contributed by atoms with van der Waals surface area (Å²) in [7, 11) is 0. The van der Waals surface area contributed by atoms with Gasteiger partial charge in [0, 0.05) is 5.56 Å². The van der Waals surface area contributed by atoms with Gasteiger partial charge in [0.05, 0.1) is 22.1 Å². The van der Waals surface area contributed by atoms with Crippen molar-refractivity contribution in [3.63, 3.8) is 0 Å². The molecule has 0 amide bonds. The van der Waals surface area contributed by atoms with Gasteiger partial charge in [-0.3, -0.25) is 0 Å². The Balaban J connectivity index is 0.00000169. The molecule has 0 bridgehead atoms. The lowest BCUT2D eigenvalue weighted by Gasteiger charge is -2.12. The van der Waals surface area contributed by atoms with Gasteiger partial charge in [-0.2, -0.15) is 0 Å². The number of aliphatic hydroxyl groups excluding tert-OH is 1. The molecule has 0 unspecified atom stereocenters. The zero-order valence-electron chi connectivity index (χ0n) is 7.08. The second-order valence-electron chi connectivity index (χ2n) is 2.59. The van der Waals surface area contributed by atoms with Gasteiger partial charge in [0.15, 0.2) is 0 Å². The number of phenolic OH excluding ortho intramolecular Hbond substituents is 1. The molecule has 0 spiro atoms. The molecule has 3 nitrogen and oxygen atoms in total. The molecule has 4 N–H and O–H groups in total. The largest absolute Gasteiger partial charge is 0.506 e. The Hall–Kier alpha value is -0.000000000000000111. The van der Waals surface area contributed by atoms with E-state index in [-0.39, 0.29) is 24.8 Å². The van der Waals surface area contributed by atoms with Gasteiger partial charge >= 0.3 is 0 Å². The van der Waals surface area contributed by atoms with Crippen molar-refractivity contribution in [2.24, 2.45) is 5.73 Å². The number of nitrogens with two attached hydrogens (primary N) is 1. The molecule has 14 heavy (non-hydrogen) atoms. The Kier molecular flexibility index (Phi) is 5.78. The second kappa shape index (κ2) is 5.78. The molecule has 1 rings (SSSR count). The molecule has 80 valence electrons. The van der Waals surface area contributed by atoms with Crippen molar-refractivity contribution in [1.29, 1.82) is 0 Å².